The van der Waals surface area contributed by atoms with E-state index >= 15 is 0 Å². The van der Waals surface area contributed by atoms with E-state index in [0.717, 1.165) is 19.2 Å². The molecule has 0 atom stereocenters. The van der Waals surface area contributed by atoms with Crippen LogP contribution in [0.1, 0.15) is 12.0 Å². The van der Waals surface area contributed by atoms with Crippen molar-refractivity contribution in [3.8, 4) is 0 Å². The third-order valence-electron chi connectivity index (χ3n) is 2.58. The largest absolute Gasteiger partial charge is 0.481 e. The van der Waals surface area contributed by atoms with Crippen LogP contribution in [0, 0.1) is 0 Å². The third-order valence-corrected chi connectivity index (χ3v) is 4.97. The summed E-state index contributed by atoms with van der Waals surface area (Å²) in [6.07, 6.45) is -5.44. The van der Waals surface area contributed by atoms with Crippen LogP contribution in [0.15, 0.2) is 23.1 Å². The van der Waals surface area contributed by atoms with Gasteiger partial charge >= 0.3 is 12.1 Å². The molecule has 0 aliphatic carbocycles. The smallest absolute Gasteiger partial charge is 0.417 e. The lowest BCUT2D eigenvalue weighted by atomic mass is 10.2. The number of alkyl halides is 3. The van der Waals surface area contributed by atoms with Crippen LogP contribution in [0.4, 0.5) is 13.2 Å². The van der Waals surface area contributed by atoms with Gasteiger partial charge in [-0.2, -0.15) is 13.2 Å². The summed E-state index contributed by atoms with van der Waals surface area (Å²) in [7, 11) is -3.57. The average Bonchev–Trinajstić information content (AvgIpc) is 2.33. The molecule has 0 radical (unpaired) electrons. The Kier molecular flexibility index (Phi) is 5.24. The van der Waals surface area contributed by atoms with E-state index in [1.807, 2.05) is 0 Å². The number of carbonyl (C=O) groups is 1. The van der Waals surface area contributed by atoms with Crippen molar-refractivity contribution in [1.29, 1.82) is 0 Å². The fourth-order valence-electron chi connectivity index (χ4n) is 1.52. The molecule has 5 nitrogen and oxygen atoms in total. The molecule has 0 heterocycles. The van der Waals surface area contributed by atoms with Gasteiger partial charge in [0.25, 0.3) is 0 Å². The van der Waals surface area contributed by atoms with E-state index in [9.17, 15) is 26.4 Å². The molecule has 0 saturated heterocycles. The van der Waals surface area contributed by atoms with Gasteiger partial charge in [0.15, 0.2) is 0 Å². The maximum atomic E-state index is 12.9. The van der Waals surface area contributed by atoms with Gasteiger partial charge in [-0.25, -0.2) is 12.7 Å². The minimum Gasteiger partial charge on any atom is -0.481 e. The van der Waals surface area contributed by atoms with Crippen molar-refractivity contribution >= 4 is 27.6 Å². The van der Waals surface area contributed by atoms with Gasteiger partial charge in [0.05, 0.1) is 17.0 Å². The van der Waals surface area contributed by atoms with Crippen molar-refractivity contribution in [2.24, 2.45) is 0 Å². The van der Waals surface area contributed by atoms with Gasteiger partial charge in [0.2, 0.25) is 10.0 Å². The van der Waals surface area contributed by atoms with Crippen LogP contribution in [-0.2, 0) is 21.0 Å². The monoisotopic (exact) mass is 345 g/mol. The molecular weight excluding hydrogens is 335 g/mol. The van der Waals surface area contributed by atoms with Crippen LogP contribution in [-0.4, -0.2) is 37.4 Å². The highest BCUT2D eigenvalue weighted by Gasteiger charge is 2.39. The minimum absolute atomic E-state index is 0.472. The SMILES string of the molecule is CN(CCC(=O)O)S(=O)(=O)c1c(Cl)cccc1C(F)(F)F. The number of aliphatic carboxylic acids is 1. The molecule has 0 saturated carbocycles. The number of carboxylic acids is 1. The predicted octanol–water partition coefficient (Wildman–Crippen LogP) is 2.45. The van der Waals surface area contributed by atoms with E-state index in [1.165, 1.54) is 0 Å². The van der Waals surface area contributed by atoms with Crippen molar-refractivity contribution in [1.82, 2.24) is 4.31 Å². The predicted molar refractivity (Wildman–Crippen MR) is 68.5 cm³/mol. The number of benzene rings is 1. The second kappa shape index (κ2) is 6.20. The summed E-state index contributed by atoms with van der Waals surface area (Å²) >= 11 is 5.60. The number of nitrogens with zero attached hydrogens (tertiary/aromatic N) is 1. The molecule has 0 amide bonds. The summed E-state index contributed by atoms with van der Waals surface area (Å²) in [5.74, 6) is -1.27. The third kappa shape index (κ3) is 4.08. The van der Waals surface area contributed by atoms with Crippen molar-refractivity contribution in [3.63, 3.8) is 0 Å². The Hall–Kier alpha value is -1.32. The molecular formula is C11H11ClF3NO4S. The molecule has 1 N–H and O–H groups in total. The Morgan fingerprint density at radius 3 is 2.43 bits per heavy atom. The number of halogens is 4. The first-order valence-corrected chi connectivity index (χ1v) is 7.33. The van der Waals surface area contributed by atoms with E-state index in [-0.39, 0.29) is 0 Å². The zero-order valence-corrected chi connectivity index (χ0v) is 12.3. The first-order valence-electron chi connectivity index (χ1n) is 5.51. The standard InChI is InChI=1S/C11H11ClF3NO4S/c1-16(6-5-9(17)18)21(19,20)10-7(11(13,14)15)3-2-4-8(10)12/h2-4H,5-6H2,1H3,(H,17,18). The first-order chi connectivity index (χ1) is 9.48. The highest BCUT2D eigenvalue weighted by atomic mass is 35.5. The Morgan fingerprint density at radius 2 is 1.95 bits per heavy atom. The molecule has 0 aromatic heterocycles. The molecule has 0 fully saturated rings. The fourth-order valence-corrected chi connectivity index (χ4v) is 3.41. The van der Waals surface area contributed by atoms with Gasteiger partial charge in [0, 0.05) is 13.6 Å². The van der Waals surface area contributed by atoms with Crippen LogP contribution in [0.5, 0.6) is 0 Å². The van der Waals surface area contributed by atoms with E-state index in [2.05, 4.69) is 0 Å². The molecule has 1 aromatic rings. The van der Waals surface area contributed by atoms with Crippen LogP contribution in [0.2, 0.25) is 5.02 Å². The van der Waals surface area contributed by atoms with Gasteiger partial charge in [-0.15, -0.1) is 0 Å². The number of hydrogen-bond acceptors (Lipinski definition) is 3. The summed E-state index contributed by atoms with van der Waals surface area (Å²) in [6, 6.07) is 2.61. The Morgan fingerprint density at radius 1 is 1.38 bits per heavy atom. The zero-order valence-electron chi connectivity index (χ0n) is 10.7. The summed E-state index contributed by atoms with van der Waals surface area (Å²) in [5, 5.41) is 7.93. The summed E-state index contributed by atoms with van der Waals surface area (Å²) in [6.45, 7) is -0.472. The molecule has 118 valence electrons. The molecule has 10 heteroatoms. The number of sulfonamides is 1. The van der Waals surface area contributed by atoms with Crippen LogP contribution < -0.4 is 0 Å². The lowest BCUT2D eigenvalue weighted by Gasteiger charge is -2.20. The van der Waals surface area contributed by atoms with Crippen LogP contribution in [0.3, 0.4) is 0 Å². The van der Waals surface area contributed by atoms with Gasteiger partial charge < -0.3 is 5.11 Å². The van der Waals surface area contributed by atoms with Crippen LogP contribution in [0.25, 0.3) is 0 Å². The van der Waals surface area contributed by atoms with E-state index in [0.29, 0.717) is 10.4 Å². The summed E-state index contributed by atoms with van der Waals surface area (Å²) in [4.78, 5) is 9.36. The summed E-state index contributed by atoms with van der Waals surface area (Å²) < 4.78 is 63.6. The molecule has 1 rings (SSSR count). The zero-order chi connectivity index (χ0) is 16.4. The molecule has 0 aliphatic rings. The molecule has 0 spiro atoms. The lowest BCUT2D eigenvalue weighted by molar-refractivity contribution is -0.140. The Bertz CT molecular complexity index is 645. The van der Waals surface area contributed by atoms with E-state index in [4.69, 9.17) is 16.7 Å². The molecule has 21 heavy (non-hydrogen) atoms. The summed E-state index contributed by atoms with van der Waals surface area (Å²) in [5.41, 5.74) is -1.39. The Balaban J connectivity index is 3.35. The van der Waals surface area contributed by atoms with Gasteiger partial charge in [-0.3, -0.25) is 4.79 Å². The van der Waals surface area contributed by atoms with Gasteiger partial charge in [0.1, 0.15) is 4.90 Å². The van der Waals surface area contributed by atoms with Crippen molar-refractivity contribution < 1.29 is 31.5 Å². The minimum atomic E-state index is -4.90. The maximum Gasteiger partial charge on any atom is 0.417 e. The number of hydrogen-bond donors (Lipinski definition) is 1. The highest BCUT2D eigenvalue weighted by Crippen LogP contribution is 2.38. The Labute approximate surface area is 124 Å². The lowest BCUT2D eigenvalue weighted by Crippen LogP contribution is -2.31. The van der Waals surface area contributed by atoms with Crippen LogP contribution >= 0.6 is 11.6 Å². The average molecular weight is 346 g/mol. The highest BCUT2D eigenvalue weighted by molar-refractivity contribution is 7.89. The van der Waals surface area contributed by atoms with Crippen molar-refractivity contribution in [3.05, 3.63) is 28.8 Å². The second-order valence-electron chi connectivity index (χ2n) is 4.08. The van der Waals surface area contributed by atoms with E-state index in [1.54, 1.807) is 0 Å². The van der Waals surface area contributed by atoms with Gasteiger partial charge in [-0.1, -0.05) is 17.7 Å². The second-order valence-corrected chi connectivity index (χ2v) is 6.47. The first kappa shape index (κ1) is 17.7. The quantitative estimate of drug-likeness (QED) is 0.889. The van der Waals surface area contributed by atoms with Crippen molar-refractivity contribution in [2.75, 3.05) is 13.6 Å². The van der Waals surface area contributed by atoms with Crippen molar-refractivity contribution in [2.45, 2.75) is 17.5 Å². The van der Waals surface area contributed by atoms with Gasteiger partial charge in [-0.05, 0) is 12.1 Å². The maximum absolute atomic E-state index is 12.9. The molecule has 0 unspecified atom stereocenters. The normalized spacial score (nSPS) is 12.7. The fraction of sp³-hybridized carbons (Fsp3) is 0.364. The number of carboxylic acid groups (broad SMARTS) is 1. The van der Waals surface area contributed by atoms with E-state index < -0.39 is 50.6 Å². The molecule has 0 bridgehead atoms. The molecule has 1 aromatic carbocycles. The number of rotatable bonds is 5. The molecule has 0 aliphatic heterocycles. The topological polar surface area (TPSA) is 74.7 Å².